The van der Waals surface area contributed by atoms with Crippen molar-refractivity contribution < 1.29 is 19.4 Å². The van der Waals surface area contributed by atoms with Crippen LogP contribution in [0.2, 0.25) is 0 Å². The Labute approximate surface area is 158 Å². The minimum atomic E-state index is -1.01. The summed E-state index contributed by atoms with van der Waals surface area (Å²) in [7, 11) is 0. The van der Waals surface area contributed by atoms with Crippen molar-refractivity contribution in [3.05, 3.63) is 51.2 Å². The number of amides is 1. The largest absolute Gasteiger partial charge is 0.482 e. The van der Waals surface area contributed by atoms with Gasteiger partial charge in [-0.2, -0.15) is 0 Å². The van der Waals surface area contributed by atoms with Gasteiger partial charge in [-0.15, -0.1) is 11.3 Å². The van der Waals surface area contributed by atoms with Gasteiger partial charge in [0.25, 0.3) is 0 Å². The number of benzene rings is 1. The van der Waals surface area contributed by atoms with Crippen LogP contribution in [0.1, 0.15) is 46.7 Å². The second kappa shape index (κ2) is 9.38. The molecule has 1 aromatic heterocycles. The molecule has 0 aliphatic heterocycles. The molecule has 2 rings (SSSR count). The van der Waals surface area contributed by atoms with Crippen molar-refractivity contribution in [3.63, 3.8) is 0 Å². The number of thiophene rings is 1. The molecule has 140 valence electrons. The molecule has 26 heavy (non-hydrogen) atoms. The molecule has 5 nitrogen and oxygen atoms in total. The van der Waals surface area contributed by atoms with E-state index in [1.807, 2.05) is 19.1 Å². The zero-order valence-corrected chi connectivity index (χ0v) is 16.2. The molecule has 0 spiro atoms. The molecule has 0 radical (unpaired) electrons. The summed E-state index contributed by atoms with van der Waals surface area (Å²) in [5, 5.41) is 11.6. The molecule has 2 N–H and O–H groups in total. The van der Waals surface area contributed by atoms with Crippen LogP contribution >= 0.6 is 11.3 Å². The molecule has 1 aromatic carbocycles. The van der Waals surface area contributed by atoms with Crippen LogP contribution in [-0.2, 0) is 16.0 Å². The Morgan fingerprint density at radius 3 is 2.50 bits per heavy atom. The molecular weight excluding hydrogens is 350 g/mol. The second-order valence-corrected chi connectivity index (χ2v) is 7.79. The van der Waals surface area contributed by atoms with Gasteiger partial charge in [0.2, 0.25) is 5.91 Å². The lowest BCUT2D eigenvalue weighted by Crippen LogP contribution is -2.26. The number of aliphatic carboxylic acids is 1. The fourth-order valence-corrected chi connectivity index (χ4v) is 3.74. The average Bonchev–Trinajstić information content (AvgIpc) is 2.91. The number of hydrogen-bond donors (Lipinski definition) is 2. The maximum Gasteiger partial charge on any atom is 0.341 e. The summed E-state index contributed by atoms with van der Waals surface area (Å²) in [5.74, 6) is -0.480. The molecule has 1 atom stereocenters. The monoisotopic (exact) mass is 375 g/mol. The van der Waals surface area contributed by atoms with E-state index >= 15 is 0 Å². The molecular formula is C20H25NO4S. The van der Waals surface area contributed by atoms with Gasteiger partial charge < -0.3 is 15.2 Å². The third-order valence-corrected chi connectivity index (χ3v) is 5.12. The standard InChI is InChI=1S/C20H25NO4S/c1-13-11-17(15(3)26-13)5-4-6-19(22)21-14(2)16-7-9-18(10-8-16)25-12-20(23)24/h7-11,14H,4-6,12H2,1-3H3,(H,21,22)(H,23,24). The van der Waals surface area contributed by atoms with E-state index in [9.17, 15) is 9.59 Å². The molecule has 0 fully saturated rings. The molecule has 0 bridgehead atoms. The zero-order valence-electron chi connectivity index (χ0n) is 15.4. The molecule has 6 heteroatoms. The second-order valence-electron chi connectivity index (χ2n) is 6.33. The van der Waals surface area contributed by atoms with Crippen LogP contribution in [0, 0.1) is 13.8 Å². The lowest BCUT2D eigenvalue weighted by atomic mass is 10.1. The number of aryl methyl sites for hydroxylation is 3. The first-order chi connectivity index (χ1) is 12.3. The summed E-state index contributed by atoms with van der Waals surface area (Å²) in [6, 6.07) is 9.18. The number of ether oxygens (including phenoxy) is 1. The van der Waals surface area contributed by atoms with Gasteiger partial charge in [0.05, 0.1) is 6.04 Å². The van der Waals surface area contributed by atoms with Crippen molar-refractivity contribution in [1.29, 1.82) is 0 Å². The molecule has 2 aromatic rings. The van der Waals surface area contributed by atoms with Crippen LogP contribution in [0.5, 0.6) is 5.75 Å². The lowest BCUT2D eigenvalue weighted by Gasteiger charge is -2.15. The molecule has 1 unspecified atom stereocenters. The van der Waals surface area contributed by atoms with Gasteiger partial charge in [-0.25, -0.2) is 4.79 Å². The first kappa shape index (κ1) is 20.0. The van der Waals surface area contributed by atoms with Gasteiger partial charge in [0.15, 0.2) is 6.61 Å². The van der Waals surface area contributed by atoms with Crippen molar-refractivity contribution in [2.45, 2.75) is 46.1 Å². The minimum Gasteiger partial charge on any atom is -0.482 e. The predicted octanol–water partition coefficient (Wildman–Crippen LogP) is 4.03. The normalized spacial score (nSPS) is 11.8. The van der Waals surface area contributed by atoms with E-state index in [4.69, 9.17) is 9.84 Å². The highest BCUT2D eigenvalue weighted by atomic mass is 32.1. The van der Waals surface area contributed by atoms with Crippen molar-refractivity contribution in [2.75, 3.05) is 6.61 Å². The summed E-state index contributed by atoms with van der Waals surface area (Å²) in [6.45, 7) is 5.79. The number of carboxylic acid groups (broad SMARTS) is 1. The average molecular weight is 375 g/mol. The van der Waals surface area contributed by atoms with Crippen LogP contribution in [0.4, 0.5) is 0 Å². The van der Waals surface area contributed by atoms with Crippen LogP contribution < -0.4 is 10.1 Å². The fraction of sp³-hybridized carbons (Fsp3) is 0.400. The van der Waals surface area contributed by atoms with Crippen LogP contribution in [0.25, 0.3) is 0 Å². The van der Waals surface area contributed by atoms with Crippen LogP contribution in [0.3, 0.4) is 0 Å². The quantitative estimate of drug-likeness (QED) is 0.694. The highest BCUT2D eigenvalue weighted by Gasteiger charge is 2.11. The molecule has 0 saturated heterocycles. The van der Waals surface area contributed by atoms with Gasteiger partial charge in [-0.1, -0.05) is 12.1 Å². The number of carboxylic acids is 1. The third kappa shape index (κ3) is 6.19. The van der Waals surface area contributed by atoms with Crippen molar-refractivity contribution in [3.8, 4) is 5.75 Å². The van der Waals surface area contributed by atoms with Gasteiger partial charge >= 0.3 is 5.97 Å². The Hall–Kier alpha value is -2.34. The predicted molar refractivity (Wildman–Crippen MR) is 103 cm³/mol. The number of rotatable bonds is 9. The smallest absolute Gasteiger partial charge is 0.341 e. The molecule has 0 saturated carbocycles. The maximum absolute atomic E-state index is 12.2. The van der Waals surface area contributed by atoms with Gasteiger partial charge in [0, 0.05) is 16.2 Å². The summed E-state index contributed by atoms with van der Waals surface area (Å²) in [6.07, 6.45) is 2.25. The molecule has 1 heterocycles. The molecule has 0 aliphatic carbocycles. The Bertz CT molecular complexity index is 752. The van der Waals surface area contributed by atoms with E-state index in [1.54, 1.807) is 23.5 Å². The van der Waals surface area contributed by atoms with Crippen molar-refractivity contribution >= 4 is 23.2 Å². The summed E-state index contributed by atoms with van der Waals surface area (Å²) >= 11 is 1.80. The maximum atomic E-state index is 12.2. The minimum absolute atomic E-state index is 0.0355. The highest BCUT2D eigenvalue weighted by Crippen LogP contribution is 2.22. The summed E-state index contributed by atoms with van der Waals surface area (Å²) in [5.41, 5.74) is 2.29. The molecule has 1 amide bonds. The molecule has 0 aliphatic rings. The Morgan fingerprint density at radius 2 is 1.92 bits per heavy atom. The number of carbonyl (C=O) groups excluding carboxylic acids is 1. The summed E-state index contributed by atoms with van der Waals surface area (Å²) < 4.78 is 5.10. The van der Waals surface area contributed by atoms with E-state index in [0.29, 0.717) is 12.2 Å². The Balaban J connectivity index is 1.77. The topological polar surface area (TPSA) is 75.6 Å². The highest BCUT2D eigenvalue weighted by molar-refractivity contribution is 7.12. The first-order valence-corrected chi connectivity index (χ1v) is 9.46. The fourth-order valence-electron chi connectivity index (χ4n) is 2.77. The van der Waals surface area contributed by atoms with Crippen LogP contribution in [0.15, 0.2) is 30.3 Å². The number of hydrogen-bond acceptors (Lipinski definition) is 4. The van der Waals surface area contributed by atoms with E-state index in [2.05, 4.69) is 25.2 Å². The SMILES string of the molecule is Cc1cc(CCCC(=O)NC(C)c2ccc(OCC(=O)O)cc2)c(C)s1. The van der Waals surface area contributed by atoms with E-state index in [1.165, 1.54) is 15.3 Å². The lowest BCUT2D eigenvalue weighted by molar-refractivity contribution is -0.139. The van der Waals surface area contributed by atoms with E-state index in [0.717, 1.165) is 18.4 Å². The number of carbonyl (C=O) groups is 2. The Morgan fingerprint density at radius 1 is 1.23 bits per heavy atom. The Kier molecular flexibility index (Phi) is 7.21. The first-order valence-electron chi connectivity index (χ1n) is 8.65. The third-order valence-electron chi connectivity index (χ3n) is 4.11. The van der Waals surface area contributed by atoms with Gasteiger partial charge in [0.1, 0.15) is 5.75 Å². The number of nitrogens with one attached hydrogen (secondary N) is 1. The summed E-state index contributed by atoms with van der Waals surface area (Å²) in [4.78, 5) is 25.3. The van der Waals surface area contributed by atoms with E-state index < -0.39 is 5.97 Å². The van der Waals surface area contributed by atoms with Gasteiger partial charge in [-0.3, -0.25) is 4.79 Å². The van der Waals surface area contributed by atoms with Crippen molar-refractivity contribution in [2.24, 2.45) is 0 Å². The van der Waals surface area contributed by atoms with Crippen LogP contribution in [-0.4, -0.2) is 23.6 Å². The van der Waals surface area contributed by atoms with E-state index in [-0.39, 0.29) is 18.6 Å². The van der Waals surface area contributed by atoms with Gasteiger partial charge in [-0.05, 0) is 62.9 Å². The zero-order chi connectivity index (χ0) is 19.1. The van der Waals surface area contributed by atoms with Crippen molar-refractivity contribution in [1.82, 2.24) is 5.32 Å².